The van der Waals surface area contributed by atoms with E-state index in [2.05, 4.69) is 5.32 Å². The fourth-order valence-corrected chi connectivity index (χ4v) is 4.06. The Hall–Kier alpha value is -2.00. The molecule has 1 amide bonds. The third-order valence-corrected chi connectivity index (χ3v) is 6.19. The highest BCUT2D eigenvalue weighted by Gasteiger charge is 2.28. The second-order valence-electron chi connectivity index (χ2n) is 6.21. The molecule has 0 aliphatic carbocycles. The van der Waals surface area contributed by atoms with Gasteiger partial charge >= 0.3 is 0 Å². The Balaban J connectivity index is 2.35. The summed E-state index contributed by atoms with van der Waals surface area (Å²) in [7, 11) is -4.08. The minimum absolute atomic E-state index is 0.00581. The van der Waals surface area contributed by atoms with E-state index in [1.54, 1.807) is 12.1 Å². The van der Waals surface area contributed by atoms with Crippen molar-refractivity contribution >= 4 is 27.5 Å². The zero-order valence-electron chi connectivity index (χ0n) is 15.4. The highest BCUT2D eigenvalue weighted by atomic mass is 35.5. The number of aliphatic hydroxyl groups is 1. The molecule has 0 saturated heterocycles. The van der Waals surface area contributed by atoms with Crippen LogP contribution < -0.4 is 5.32 Å². The SMILES string of the molecule is Cc1ccc(S(=O)(=O)N(CC(=O)NCCCO)Cc2c(F)cccc2Cl)cc1. The summed E-state index contributed by atoms with van der Waals surface area (Å²) in [6.07, 6.45) is 0.343. The van der Waals surface area contributed by atoms with Gasteiger partial charge in [-0.2, -0.15) is 4.31 Å². The Morgan fingerprint density at radius 3 is 2.50 bits per heavy atom. The summed E-state index contributed by atoms with van der Waals surface area (Å²) in [6.45, 7) is 1.02. The Labute approximate surface area is 169 Å². The second kappa shape index (κ2) is 9.97. The number of benzene rings is 2. The van der Waals surface area contributed by atoms with Crippen LogP contribution in [0.4, 0.5) is 4.39 Å². The molecule has 0 bridgehead atoms. The van der Waals surface area contributed by atoms with E-state index in [9.17, 15) is 17.6 Å². The van der Waals surface area contributed by atoms with Crippen molar-refractivity contribution in [3.8, 4) is 0 Å². The van der Waals surface area contributed by atoms with Gasteiger partial charge in [0.1, 0.15) is 5.82 Å². The number of amides is 1. The molecule has 0 fully saturated rings. The van der Waals surface area contributed by atoms with Crippen molar-refractivity contribution in [3.63, 3.8) is 0 Å². The number of rotatable bonds is 9. The molecule has 0 radical (unpaired) electrons. The van der Waals surface area contributed by atoms with Crippen molar-refractivity contribution in [2.45, 2.75) is 24.8 Å². The molecule has 2 aromatic carbocycles. The summed E-state index contributed by atoms with van der Waals surface area (Å²) >= 11 is 6.04. The lowest BCUT2D eigenvalue weighted by atomic mass is 10.2. The molecule has 0 spiro atoms. The third-order valence-electron chi connectivity index (χ3n) is 4.03. The van der Waals surface area contributed by atoms with Gasteiger partial charge in [-0.3, -0.25) is 4.79 Å². The van der Waals surface area contributed by atoms with Crippen LogP contribution in [0.2, 0.25) is 5.02 Å². The first-order valence-corrected chi connectivity index (χ1v) is 10.4. The van der Waals surface area contributed by atoms with Crippen molar-refractivity contribution in [1.29, 1.82) is 0 Å². The van der Waals surface area contributed by atoms with E-state index in [1.807, 2.05) is 6.92 Å². The molecular weight excluding hydrogens is 407 g/mol. The van der Waals surface area contributed by atoms with Crippen LogP contribution in [-0.2, 0) is 21.4 Å². The summed E-state index contributed by atoms with van der Waals surface area (Å²) in [6, 6.07) is 10.2. The first kappa shape index (κ1) is 22.3. The van der Waals surface area contributed by atoms with Crippen LogP contribution in [0.3, 0.4) is 0 Å². The molecule has 0 aliphatic rings. The number of nitrogens with zero attached hydrogens (tertiary/aromatic N) is 1. The minimum Gasteiger partial charge on any atom is -0.396 e. The maximum absolute atomic E-state index is 14.2. The van der Waals surface area contributed by atoms with Crippen molar-refractivity contribution < 1.29 is 22.7 Å². The van der Waals surface area contributed by atoms with E-state index < -0.39 is 34.8 Å². The maximum atomic E-state index is 14.2. The van der Waals surface area contributed by atoms with E-state index in [0.717, 1.165) is 9.87 Å². The molecule has 6 nitrogen and oxygen atoms in total. The summed E-state index contributed by atoms with van der Waals surface area (Å²) in [5.41, 5.74) is 0.868. The average molecular weight is 429 g/mol. The monoisotopic (exact) mass is 428 g/mol. The van der Waals surface area contributed by atoms with Gasteiger partial charge in [0.15, 0.2) is 0 Å². The van der Waals surface area contributed by atoms with Crippen LogP contribution in [0, 0.1) is 12.7 Å². The van der Waals surface area contributed by atoms with Crippen molar-refractivity contribution in [2.24, 2.45) is 0 Å². The van der Waals surface area contributed by atoms with Crippen molar-refractivity contribution in [2.75, 3.05) is 19.7 Å². The summed E-state index contributed by atoms with van der Waals surface area (Å²) in [5, 5.41) is 11.4. The molecule has 9 heteroatoms. The van der Waals surface area contributed by atoms with Crippen LogP contribution >= 0.6 is 11.6 Å². The third kappa shape index (κ3) is 5.75. The van der Waals surface area contributed by atoms with Gasteiger partial charge in [-0.15, -0.1) is 0 Å². The van der Waals surface area contributed by atoms with E-state index in [4.69, 9.17) is 16.7 Å². The zero-order chi connectivity index (χ0) is 20.7. The topological polar surface area (TPSA) is 86.7 Å². The number of halogens is 2. The van der Waals surface area contributed by atoms with Gasteiger partial charge in [-0.05, 0) is 37.6 Å². The Morgan fingerprint density at radius 2 is 1.89 bits per heavy atom. The van der Waals surface area contributed by atoms with Gasteiger partial charge in [0.25, 0.3) is 0 Å². The van der Waals surface area contributed by atoms with Crippen LogP contribution in [0.25, 0.3) is 0 Å². The molecule has 0 heterocycles. The maximum Gasteiger partial charge on any atom is 0.243 e. The van der Waals surface area contributed by atoms with Crippen LogP contribution in [0.5, 0.6) is 0 Å². The molecule has 0 saturated carbocycles. The summed E-state index contributed by atoms with van der Waals surface area (Å²) in [4.78, 5) is 12.2. The smallest absolute Gasteiger partial charge is 0.243 e. The predicted octanol–water partition coefficient (Wildman–Crippen LogP) is 2.48. The molecule has 0 aromatic heterocycles. The molecule has 2 aromatic rings. The molecule has 28 heavy (non-hydrogen) atoms. The van der Waals surface area contributed by atoms with E-state index in [-0.39, 0.29) is 28.6 Å². The minimum atomic E-state index is -4.08. The fourth-order valence-electron chi connectivity index (χ4n) is 2.47. The lowest BCUT2D eigenvalue weighted by Crippen LogP contribution is -2.40. The number of carbonyl (C=O) groups is 1. The van der Waals surface area contributed by atoms with Crippen LogP contribution in [0.15, 0.2) is 47.4 Å². The predicted molar refractivity (Wildman–Crippen MR) is 105 cm³/mol. The Morgan fingerprint density at radius 1 is 1.21 bits per heavy atom. The average Bonchev–Trinajstić information content (AvgIpc) is 2.64. The van der Waals surface area contributed by atoms with Crippen LogP contribution in [0.1, 0.15) is 17.5 Å². The van der Waals surface area contributed by atoms with E-state index >= 15 is 0 Å². The first-order chi connectivity index (χ1) is 13.3. The first-order valence-electron chi connectivity index (χ1n) is 8.63. The molecule has 0 unspecified atom stereocenters. The lowest BCUT2D eigenvalue weighted by molar-refractivity contribution is -0.121. The van der Waals surface area contributed by atoms with Gasteiger partial charge in [0.05, 0.1) is 11.4 Å². The number of aryl methyl sites for hydroxylation is 1. The quantitative estimate of drug-likeness (QED) is 0.601. The van der Waals surface area contributed by atoms with Gasteiger partial charge in [-0.25, -0.2) is 12.8 Å². The molecule has 2 N–H and O–H groups in total. The molecule has 152 valence electrons. The Kier molecular flexibility index (Phi) is 7.94. The summed E-state index contributed by atoms with van der Waals surface area (Å²) < 4.78 is 41.2. The number of aliphatic hydroxyl groups excluding tert-OH is 1. The molecule has 2 rings (SSSR count). The van der Waals surface area contributed by atoms with Crippen LogP contribution in [-0.4, -0.2) is 43.4 Å². The largest absolute Gasteiger partial charge is 0.396 e. The van der Waals surface area contributed by atoms with E-state index in [1.165, 1.54) is 30.3 Å². The number of nitrogens with one attached hydrogen (secondary N) is 1. The highest BCUT2D eigenvalue weighted by molar-refractivity contribution is 7.89. The van der Waals surface area contributed by atoms with Gasteiger partial charge in [-0.1, -0.05) is 35.4 Å². The Bertz CT molecular complexity index is 900. The van der Waals surface area contributed by atoms with Gasteiger partial charge < -0.3 is 10.4 Å². The zero-order valence-corrected chi connectivity index (χ0v) is 16.9. The molecular formula is C19H22ClFN2O4S. The van der Waals surface area contributed by atoms with E-state index in [0.29, 0.717) is 6.42 Å². The normalized spacial score (nSPS) is 11.6. The number of sulfonamides is 1. The standard InChI is InChI=1S/C19H22ClFN2O4S/c1-14-6-8-15(9-7-14)28(26,27)23(13-19(25)22-10-3-11-24)12-16-17(20)4-2-5-18(16)21/h2,4-9,24H,3,10-13H2,1H3,(H,22,25). The van der Waals surface area contributed by atoms with Gasteiger partial charge in [0.2, 0.25) is 15.9 Å². The molecule has 0 atom stereocenters. The lowest BCUT2D eigenvalue weighted by Gasteiger charge is -2.23. The second-order valence-corrected chi connectivity index (χ2v) is 8.56. The fraction of sp³-hybridized carbons (Fsp3) is 0.316. The summed E-state index contributed by atoms with van der Waals surface area (Å²) in [5.74, 6) is -1.21. The highest BCUT2D eigenvalue weighted by Crippen LogP contribution is 2.24. The molecule has 0 aliphatic heterocycles. The van der Waals surface area contributed by atoms with Crippen molar-refractivity contribution in [1.82, 2.24) is 9.62 Å². The van der Waals surface area contributed by atoms with Crippen molar-refractivity contribution in [3.05, 3.63) is 64.4 Å². The number of carbonyl (C=O) groups excluding carboxylic acids is 1. The number of hydrogen-bond acceptors (Lipinski definition) is 4. The number of hydrogen-bond donors (Lipinski definition) is 2. The van der Waals surface area contributed by atoms with Gasteiger partial charge in [0, 0.05) is 30.3 Å².